The van der Waals surface area contributed by atoms with Crippen LogP contribution in [0.2, 0.25) is 0 Å². The minimum atomic E-state index is -0.558. The van der Waals surface area contributed by atoms with E-state index < -0.39 is 5.41 Å². The van der Waals surface area contributed by atoms with Crippen molar-refractivity contribution in [1.29, 1.82) is 0 Å². The molecule has 0 N–H and O–H groups in total. The van der Waals surface area contributed by atoms with Crippen LogP contribution in [0, 0.1) is 0 Å². The van der Waals surface area contributed by atoms with E-state index in [4.69, 9.17) is 4.74 Å². The van der Waals surface area contributed by atoms with Gasteiger partial charge < -0.3 is 4.74 Å². The normalized spacial score (nSPS) is 17.6. The molecule has 0 amide bonds. The predicted octanol–water partition coefficient (Wildman–Crippen LogP) is 2.51. The van der Waals surface area contributed by atoms with Crippen molar-refractivity contribution in [3.63, 3.8) is 0 Å². The highest BCUT2D eigenvalue weighted by Gasteiger charge is 2.44. The minimum Gasteiger partial charge on any atom is -0.381 e. The zero-order valence-electron chi connectivity index (χ0n) is 11.8. The quantitative estimate of drug-likeness (QED) is 0.799. The highest BCUT2D eigenvalue weighted by atomic mass is 79.9. The summed E-state index contributed by atoms with van der Waals surface area (Å²) in [6, 6.07) is 9.93. The predicted molar refractivity (Wildman–Crippen MR) is 81.2 cm³/mol. The second-order valence-electron chi connectivity index (χ2n) is 5.24. The molecule has 6 heteroatoms. The van der Waals surface area contributed by atoms with Gasteiger partial charge in [0.25, 0.3) is 0 Å². The first-order valence-corrected chi connectivity index (χ1v) is 7.68. The molecule has 1 aliphatic heterocycles. The summed E-state index contributed by atoms with van der Waals surface area (Å²) in [6.45, 7) is 1.17. The molecule has 0 unspecified atom stereocenters. The maximum atomic E-state index is 13.2. The third-order valence-electron chi connectivity index (χ3n) is 4.11. The number of benzene rings is 1. The van der Waals surface area contributed by atoms with Crippen molar-refractivity contribution in [3.05, 3.63) is 46.2 Å². The molecule has 3 rings (SSSR count). The lowest BCUT2D eigenvalue weighted by Gasteiger charge is -2.36. The average molecular weight is 350 g/mol. The number of rotatable bonds is 3. The van der Waals surface area contributed by atoms with E-state index in [2.05, 4.69) is 26.2 Å². The fourth-order valence-corrected chi connectivity index (χ4v) is 3.43. The van der Waals surface area contributed by atoms with Crippen molar-refractivity contribution in [1.82, 2.24) is 15.0 Å². The van der Waals surface area contributed by atoms with Crippen LogP contribution in [0.5, 0.6) is 0 Å². The molecule has 1 aliphatic rings. The van der Waals surface area contributed by atoms with Crippen molar-refractivity contribution in [2.45, 2.75) is 18.3 Å². The van der Waals surface area contributed by atoms with Gasteiger partial charge in [-0.3, -0.25) is 4.79 Å². The molecule has 21 heavy (non-hydrogen) atoms. The Bertz CT molecular complexity index is 629. The third-order valence-corrected chi connectivity index (χ3v) is 4.64. The summed E-state index contributed by atoms with van der Waals surface area (Å²) in [7, 11) is 1.74. The van der Waals surface area contributed by atoms with Gasteiger partial charge in [0.2, 0.25) is 0 Å². The molecule has 0 atom stereocenters. The SMILES string of the molecule is Cn1nnc(Br)c1C(=O)C1(c2ccccc2)CCOCC1. The Balaban J connectivity index is 2.10. The van der Waals surface area contributed by atoms with E-state index in [-0.39, 0.29) is 5.78 Å². The molecule has 0 saturated carbocycles. The molecule has 5 nitrogen and oxygen atoms in total. The van der Waals surface area contributed by atoms with E-state index in [1.807, 2.05) is 30.3 Å². The lowest BCUT2D eigenvalue weighted by Crippen LogP contribution is -2.42. The summed E-state index contributed by atoms with van der Waals surface area (Å²) in [5.74, 6) is 0.0522. The van der Waals surface area contributed by atoms with E-state index >= 15 is 0 Å². The molecule has 1 saturated heterocycles. The molecular formula is C15H16BrN3O2. The number of ketones is 1. The Labute approximate surface area is 131 Å². The number of ether oxygens (including phenoxy) is 1. The molecule has 110 valence electrons. The van der Waals surface area contributed by atoms with Gasteiger partial charge in [-0.25, -0.2) is 4.68 Å². The van der Waals surface area contributed by atoms with Gasteiger partial charge in [-0.05, 0) is 34.3 Å². The number of aromatic nitrogens is 3. The number of halogens is 1. The molecule has 0 radical (unpaired) electrons. The second-order valence-corrected chi connectivity index (χ2v) is 5.99. The number of aryl methyl sites for hydroxylation is 1. The zero-order chi connectivity index (χ0) is 14.9. The lowest BCUT2D eigenvalue weighted by molar-refractivity contribution is 0.0417. The number of hydrogen-bond donors (Lipinski definition) is 0. The molecular weight excluding hydrogens is 334 g/mol. The van der Waals surface area contributed by atoms with Gasteiger partial charge in [0.05, 0.1) is 5.41 Å². The summed E-state index contributed by atoms with van der Waals surface area (Å²) in [5.41, 5.74) is 0.990. The fraction of sp³-hybridized carbons (Fsp3) is 0.400. The third kappa shape index (κ3) is 2.42. The molecule has 0 aliphatic carbocycles. The van der Waals surface area contributed by atoms with Crippen LogP contribution in [-0.2, 0) is 17.2 Å². The van der Waals surface area contributed by atoms with E-state index in [0.29, 0.717) is 36.4 Å². The Morgan fingerprint density at radius 1 is 1.29 bits per heavy atom. The van der Waals surface area contributed by atoms with Crippen LogP contribution in [-0.4, -0.2) is 34.0 Å². The van der Waals surface area contributed by atoms with Gasteiger partial charge in [-0.1, -0.05) is 35.5 Å². The summed E-state index contributed by atoms with van der Waals surface area (Å²) in [6.07, 6.45) is 1.35. The first kappa shape index (κ1) is 14.4. The molecule has 1 aromatic heterocycles. The van der Waals surface area contributed by atoms with Crippen LogP contribution < -0.4 is 0 Å². The number of carbonyl (C=O) groups is 1. The number of Topliss-reactive ketones (excluding diaryl/α,β-unsaturated/α-hetero) is 1. The van der Waals surface area contributed by atoms with Gasteiger partial charge in [-0.15, -0.1) is 5.10 Å². The van der Waals surface area contributed by atoms with Crippen LogP contribution in [0.1, 0.15) is 28.9 Å². The van der Waals surface area contributed by atoms with Gasteiger partial charge in [0, 0.05) is 20.3 Å². The summed E-state index contributed by atoms with van der Waals surface area (Å²) in [4.78, 5) is 13.2. The molecule has 2 aromatic rings. The van der Waals surface area contributed by atoms with Crippen LogP contribution in [0.3, 0.4) is 0 Å². The highest BCUT2D eigenvalue weighted by Crippen LogP contribution is 2.38. The zero-order valence-corrected chi connectivity index (χ0v) is 13.3. The molecule has 2 heterocycles. The Morgan fingerprint density at radius 2 is 1.95 bits per heavy atom. The van der Waals surface area contributed by atoms with E-state index in [1.54, 1.807) is 7.05 Å². The largest absolute Gasteiger partial charge is 0.381 e. The van der Waals surface area contributed by atoms with E-state index in [1.165, 1.54) is 4.68 Å². The fourth-order valence-electron chi connectivity index (χ4n) is 2.92. The number of hydrogen-bond acceptors (Lipinski definition) is 4. The van der Waals surface area contributed by atoms with Crippen LogP contribution in [0.25, 0.3) is 0 Å². The van der Waals surface area contributed by atoms with Crippen molar-refractivity contribution >= 4 is 21.7 Å². The first-order chi connectivity index (χ1) is 10.1. The summed E-state index contributed by atoms with van der Waals surface area (Å²) >= 11 is 3.33. The van der Waals surface area contributed by atoms with Crippen molar-refractivity contribution in [3.8, 4) is 0 Å². The first-order valence-electron chi connectivity index (χ1n) is 6.88. The minimum absolute atomic E-state index is 0.0522. The van der Waals surface area contributed by atoms with Crippen molar-refractivity contribution < 1.29 is 9.53 Å². The average Bonchev–Trinajstić information content (AvgIpc) is 2.87. The number of nitrogens with zero attached hydrogens (tertiary/aromatic N) is 3. The molecule has 0 spiro atoms. The Hall–Kier alpha value is -1.53. The molecule has 1 fully saturated rings. The summed E-state index contributed by atoms with van der Waals surface area (Å²) in [5, 5.41) is 7.86. The maximum Gasteiger partial charge on any atom is 0.194 e. The lowest BCUT2D eigenvalue weighted by atomic mass is 9.70. The van der Waals surface area contributed by atoms with E-state index in [9.17, 15) is 4.79 Å². The van der Waals surface area contributed by atoms with Crippen LogP contribution >= 0.6 is 15.9 Å². The van der Waals surface area contributed by atoms with Gasteiger partial charge in [-0.2, -0.15) is 0 Å². The van der Waals surface area contributed by atoms with Crippen molar-refractivity contribution in [2.75, 3.05) is 13.2 Å². The van der Waals surface area contributed by atoms with Gasteiger partial charge in [0.15, 0.2) is 10.4 Å². The van der Waals surface area contributed by atoms with E-state index in [0.717, 1.165) is 5.56 Å². The standard InChI is InChI=1S/C15H16BrN3O2/c1-19-12(14(16)17-18-19)13(20)15(7-9-21-10-8-15)11-5-3-2-4-6-11/h2-6H,7-10H2,1H3. The maximum absolute atomic E-state index is 13.2. The van der Waals surface area contributed by atoms with Gasteiger partial charge >= 0.3 is 0 Å². The molecule has 0 bridgehead atoms. The second kappa shape index (κ2) is 5.69. The van der Waals surface area contributed by atoms with Gasteiger partial charge in [0.1, 0.15) is 5.69 Å². The topological polar surface area (TPSA) is 57.0 Å². The summed E-state index contributed by atoms with van der Waals surface area (Å²) < 4.78 is 7.50. The van der Waals surface area contributed by atoms with Crippen LogP contribution in [0.15, 0.2) is 34.9 Å². The van der Waals surface area contributed by atoms with Crippen LogP contribution in [0.4, 0.5) is 0 Å². The monoisotopic (exact) mass is 349 g/mol. The highest BCUT2D eigenvalue weighted by molar-refractivity contribution is 9.10. The smallest absolute Gasteiger partial charge is 0.194 e. The van der Waals surface area contributed by atoms with Crippen molar-refractivity contribution in [2.24, 2.45) is 7.05 Å². The Kier molecular flexibility index (Phi) is 3.91. The number of carbonyl (C=O) groups excluding carboxylic acids is 1. The Morgan fingerprint density at radius 3 is 2.52 bits per heavy atom. The molecule has 1 aromatic carbocycles.